The number of benzene rings is 1. The zero-order valence-corrected chi connectivity index (χ0v) is 16.1. The van der Waals surface area contributed by atoms with Gasteiger partial charge in [-0.15, -0.1) is 0 Å². The first-order valence-corrected chi connectivity index (χ1v) is 8.28. The van der Waals surface area contributed by atoms with Crippen molar-refractivity contribution >= 4 is 0 Å². The van der Waals surface area contributed by atoms with Crippen molar-refractivity contribution in [3.8, 4) is 0 Å². The molecule has 0 amide bonds. The van der Waals surface area contributed by atoms with Crippen LogP contribution in [-0.2, 0) is 0 Å². The summed E-state index contributed by atoms with van der Waals surface area (Å²) in [6, 6.07) is 6.58. The van der Waals surface area contributed by atoms with Crippen LogP contribution in [-0.4, -0.2) is 0 Å². The maximum absolute atomic E-state index is 5.91. The molecule has 1 aromatic rings. The Kier molecular flexibility index (Phi) is 6.60. The Morgan fingerprint density at radius 2 is 1.58 bits per heavy atom. The molecule has 1 aromatic carbocycles. The molecule has 2 N–H and O–H groups in total. The molecule has 0 aliphatic rings. The Balaban J connectivity index is 3.82. The summed E-state index contributed by atoms with van der Waals surface area (Å²) in [5, 5.41) is 0. The van der Waals surface area contributed by atoms with Crippen LogP contribution in [0.15, 0.2) is 77.6 Å². The van der Waals surface area contributed by atoms with Gasteiger partial charge in [0, 0.05) is 11.6 Å². The van der Waals surface area contributed by atoms with Crippen molar-refractivity contribution in [2.45, 2.75) is 47.5 Å². The number of hydrogen-bond donors (Lipinski definition) is 1. The standard InChI is InChI=1S/C23H31N/c1-14(2)21(13-19(9)24)23(22(15(3)4)16(5)6)20-11-10-17(7)12-18(20)8/h10-13,23H,1,3,9,24H2,2,4-8H3/b21-13+. The number of rotatable bonds is 6. The number of nitrogens with two attached hydrogens (primary N) is 1. The molecule has 1 atom stereocenters. The van der Waals surface area contributed by atoms with Crippen molar-refractivity contribution in [1.29, 1.82) is 0 Å². The predicted molar refractivity (Wildman–Crippen MR) is 108 cm³/mol. The van der Waals surface area contributed by atoms with Gasteiger partial charge in [0.15, 0.2) is 0 Å². The topological polar surface area (TPSA) is 26.0 Å². The molecule has 128 valence electrons. The lowest BCUT2D eigenvalue weighted by atomic mass is 9.76. The molecule has 24 heavy (non-hydrogen) atoms. The van der Waals surface area contributed by atoms with Gasteiger partial charge in [0.2, 0.25) is 0 Å². The molecule has 0 saturated carbocycles. The van der Waals surface area contributed by atoms with Crippen molar-refractivity contribution in [2.24, 2.45) is 5.73 Å². The molecule has 0 saturated heterocycles. The molecule has 0 aliphatic carbocycles. The SMILES string of the molecule is C=C(N)/C=C(\C(=C)C)C(C(C(=C)C)=C(C)C)c1ccc(C)cc1C. The summed E-state index contributed by atoms with van der Waals surface area (Å²) in [7, 11) is 0. The second-order valence-electron chi connectivity index (χ2n) is 6.94. The third-order valence-electron chi connectivity index (χ3n) is 4.17. The van der Waals surface area contributed by atoms with Crippen LogP contribution in [0.5, 0.6) is 0 Å². The van der Waals surface area contributed by atoms with Gasteiger partial charge in [-0.1, -0.05) is 60.2 Å². The van der Waals surface area contributed by atoms with Gasteiger partial charge in [-0.2, -0.15) is 0 Å². The van der Waals surface area contributed by atoms with Crippen molar-refractivity contribution in [3.63, 3.8) is 0 Å². The van der Waals surface area contributed by atoms with E-state index in [9.17, 15) is 0 Å². The van der Waals surface area contributed by atoms with Crippen LogP contribution in [0, 0.1) is 13.8 Å². The minimum absolute atomic E-state index is 0.0610. The van der Waals surface area contributed by atoms with Gasteiger partial charge >= 0.3 is 0 Å². The minimum atomic E-state index is 0.0610. The molecule has 1 unspecified atom stereocenters. The van der Waals surface area contributed by atoms with Crippen molar-refractivity contribution in [3.05, 3.63) is 94.3 Å². The van der Waals surface area contributed by atoms with E-state index in [1.807, 2.05) is 13.0 Å². The first-order valence-electron chi connectivity index (χ1n) is 8.28. The maximum atomic E-state index is 5.91. The third kappa shape index (κ3) is 4.61. The van der Waals surface area contributed by atoms with E-state index in [1.165, 1.54) is 27.8 Å². The van der Waals surface area contributed by atoms with E-state index in [4.69, 9.17) is 5.73 Å². The molecule has 1 nitrogen and oxygen atoms in total. The van der Waals surface area contributed by atoms with Crippen LogP contribution in [0.3, 0.4) is 0 Å². The van der Waals surface area contributed by atoms with Gasteiger partial charge in [-0.3, -0.25) is 0 Å². The van der Waals surface area contributed by atoms with E-state index in [0.717, 1.165) is 16.7 Å². The lowest BCUT2D eigenvalue weighted by molar-refractivity contribution is 0.902. The Hall–Kier alpha value is -2.28. The fraction of sp³-hybridized carbons (Fsp3) is 0.304. The van der Waals surface area contributed by atoms with Crippen LogP contribution < -0.4 is 5.73 Å². The average Bonchev–Trinajstić information content (AvgIpc) is 2.41. The summed E-state index contributed by atoms with van der Waals surface area (Å²) < 4.78 is 0. The lowest BCUT2D eigenvalue weighted by Crippen LogP contribution is -2.12. The highest BCUT2D eigenvalue weighted by Crippen LogP contribution is 2.41. The highest BCUT2D eigenvalue weighted by molar-refractivity contribution is 5.55. The summed E-state index contributed by atoms with van der Waals surface area (Å²) in [5.74, 6) is 0.0610. The average molecular weight is 322 g/mol. The highest BCUT2D eigenvalue weighted by atomic mass is 14.5. The van der Waals surface area contributed by atoms with Crippen LogP contribution >= 0.6 is 0 Å². The van der Waals surface area contributed by atoms with Gasteiger partial charge in [-0.25, -0.2) is 0 Å². The zero-order valence-electron chi connectivity index (χ0n) is 16.1. The van der Waals surface area contributed by atoms with E-state index in [-0.39, 0.29) is 5.92 Å². The normalized spacial score (nSPS) is 12.5. The molecule has 1 heteroatoms. The van der Waals surface area contributed by atoms with Crippen molar-refractivity contribution in [2.75, 3.05) is 0 Å². The number of hydrogen-bond acceptors (Lipinski definition) is 1. The van der Waals surface area contributed by atoms with Crippen LogP contribution in [0.1, 0.15) is 50.3 Å². The number of aryl methyl sites for hydroxylation is 2. The van der Waals surface area contributed by atoms with Gasteiger partial charge in [0.1, 0.15) is 0 Å². The highest BCUT2D eigenvalue weighted by Gasteiger charge is 2.25. The molecule has 0 heterocycles. The first kappa shape index (κ1) is 19.8. The van der Waals surface area contributed by atoms with Gasteiger partial charge in [-0.05, 0) is 69.9 Å². The summed E-state index contributed by atoms with van der Waals surface area (Å²) in [4.78, 5) is 0. The molecule has 0 radical (unpaired) electrons. The van der Waals surface area contributed by atoms with Crippen molar-refractivity contribution in [1.82, 2.24) is 0 Å². The van der Waals surface area contributed by atoms with E-state index < -0.39 is 0 Å². The van der Waals surface area contributed by atoms with Crippen LogP contribution in [0.2, 0.25) is 0 Å². The van der Waals surface area contributed by atoms with Crippen LogP contribution in [0.4, 0.5) is 0 Å². The summed E-state index contributed by atoms with van der Waals surface area (Å²) >= 11 is 0. The lowest BCUT2D eigenvalue weighted by Gasteiger charge is -2.28. The molecule has 0 bridgehead atoms. The molecule has 0 aliphatic heterocycles. The molecular weight excluding hydrogens is 290 g/mol. The number of allylic oxidation sites excluding steroid dienone is 6. The largest absolute Gasteiger partial charge is 0.399 e. The fourth-order valence-corrected chi connectivity index (χ4v) is 3.24. The molecule has 1 rings (SSSR count). The Labute approximate surface area is 148 Å². The zero-order chi connectivity index (χ0) is 18.6. The smallest absolute Gasteiger partial charge is 0.0347 e. The summed E-state index contributed by atoms with van der Waals surface area (Å²) in [6.07, 6.45) is 1.94. The summed E-state index contributed by atoms with van der Waals surface area (Å²) in [6.45, 7) is 24.9. The van der Waals surface area contributed by atoms with Gasteiger partial charge in [0.05, 0.1) is 0 Å². The van der Waals surface area contributed by atoms with E-state index in [2.05, 4.69) is 72.6 Å². The molecule has 0 aromatic heterocycles. The van der Waals surface area contributed by atoms with E-state index in [1.54, 1.807) is 0 Å². The van der Waals surface area contributed by atoms with Crippen molar-refractivity contribution < 1.29 is 0 Å². The first-order chi connectivity index (χ1) is 11.1. The second-order valence-corrected chi connectivity index (χ2v) is 6.94. The molecule has 0 fully saturated rings. The van der Waals surface area contributed by atoms with Gasteiger partial charge in [0.25, 0.3) is 0 Å². The monoisotopic (exact) mass is 321 g/mol. The van der Waals surface area contributed by atoms with E-state index in [0.29, 0.717) is 5.70 Å². The van der Waals surface area contributed by atoms with Gasteiger partial charge < -0.3 is 5.73 Å². The second kappa shape index (κ2) is 8.01. The minimum Gasteiger partial charge on any atom is -0.399 e. The predicted octanol–water partition coefficient (Wildman–Crippen LogP) is 6.27. The maximum Gasteiger partial charge on any atom is 0.0347 e. The quantitative estimate of drug-likeness (QED) is 0.613. The molecule has 0 spiro atoms. The third-order valence-corrected chi connectivity index (χ3v) is 4.17. The Morgan fingerprint density at radius 3 is 1.96 bits per heavy atom. The Bertz CT molecular complexity index is 737. The molecular formula is C23H31N. The summed E-state index contributed by atoms with van der Waals surface area (Å²) in [5.41, 5.74) is 15.9. The van der Waals surface area contributed by atoms with E-state index >= 15 is 0 Å². The fourth-order valence-electron chi connectivity index (χ4n) is 3.24. The van der Waals surface area contributed by atoms with Crippen LogP contribution in [0.25, 0.3) is 0 Å². The Morgan fingerprint density at radius 1 is 1.00 bits per heavy atom.